The number of nitro groups is 1. The minimum absolute atomic E-state index is 0.118. The zero-order valence-electron chi connectivity index (χ0n) is 15.1. The molecule has 1 aliphatic heterocycles. The summed E-state index contributed by atoms with van der Waals surface area (Å²) >= 11 is 0. The van der Waals surface area contributed by atoms with E-state index in [0.29, 0.717) is 18.5 Å². The number of hydrogen-bond donors (Lipinski definition) is 0. The Balaban J connectivity index is 1.70. The van der Waals surface area contributed by atoms with Crippen LogP contribution in [0.4, 0.5) is 5.69 Å². The van der Waals surface area contributed by atoms with E-state index in [1.54, 1.807) is 18.2 Å². The van der Waals surface area contributed by atoms with Crippen molar-refractivity contribution in [3.63, 3.8) is 0 Å². The fourth-order valence-electron chi connectivity index (χ4n) is 3.20. The van der Waals surface area contributed by atoms with Crippen LogP contribution in [0.2, 0.25) is 0 Å². The highest BCUT2D eigenvalue weighted by Gasteiger charge is 2.30. The number of hydrogen-bond acceptors (Lipinski definition) is 7. The molecule has 150 valence electrons. The molecule has 1 aliphatic rings. The Morgan fingerprint density at radius 3 is 2.48 bits per heavy atom. The Morgan fingerprint density at radius 1 is 1.03 bits per heavy atom. The van der Waals surface area contributed by atoms with E-state index in [9.17, 15) is 23.3 Å². The lowest BCUT2D eigenvalue weighted by atomic mass is 10.2. The first-order valence-corrected chi connectivity index (χ1v) is 10.3. The average Bonchev–Trinajstić information content (AvgIpc) is 3.23. The minimum Gasteiger partial charge on any atom is -0.450 e. The first-order chi connectivity index (χ1) is 13.8. The van der Waals surface area contributed by atoms with Crippen LogP contribution < -0.4 is 10.4 Å². The molecule has 29 heavy (non-hydrogen) atoms. The van der Waals surface area contributed by atoms with Gasteiger partial charge >= 0.3 is 11.3 Å². The number of rotatable bonds is 5. The summed E-state index contributed by atoms with van der Waals surface area (Å²) in [6.45, 7) is 0.799. The van der Waals surface area contributed by atoms with Crippen LogP contribution in [0.15, 0.2) is 62.6 Å². The highest BCUT2D eigenvalue weighted by atomic mass is 32.2. The Bertz CT molecular complexity index is 1260. The van der Waals surface area contributed by atoms with Gasteiger partial charge in [0, 0.05) is 36.7 Å². The molecular formula is C19H16N2O7S. The second-order valence-corrected chi connectivity index (χ2v) is 8.49. The molecule has 0 aliphatic carbocycles. The van der Waals surface area contributed by atoms with Gasteiger partial charge < -0.3 is 9.15 Å². The van der Waals surface area contributed by atoms with Crippen LogP contribution >= 0.6 is 0 Å². The summed E-state index contributed by atoms with van der Waals surface area (Å²) < 4.78 is 37.4. The van der Waals surface area contributed by atoms with Crippen molar-refractivity contribution in [1.29, 1.82) is 0 Å². The molecule has 0 N–H and O–H groups in total. The van der Waals surface area contributed by atoms with E-state index < -0.39 is 26.3 Å². The van der Waals surface area contributed by atoms with Crippen LogP contribution in [0.25, 0.3) is 11.0 Å². The van der Waals surface area contributed by atoms with Gasteiger partial charge in [0.1, 0.15) is 11.3 Å². The van der Waals surface area contributed by atoms with Crippen LogP contribution in [-0.4, -0.2) is 30.7 Å². The maximum atomic E-state index is 12.7. The maximum absolute atomic E-state index is 12.7. The van der Waals surface area contributed by atoms with E-state index in [1.807, 2.05) is 0 Å². The zero-order valence-corrected chi connectivity index (χ0v) is 15.9. The van der Waals surface area contributed by atoms with Gasteiger partial charge in [0.2, 0.25) is 15.8 Å². The molecule has 1 saturated heterocycles. The van der Waals surface area contributed by atoms with Gasteiger partial charge in [-0.05, 0) is 43.2 Å². The topological polar surface area (TPSA) is 120 Å². The lowest BCUT2D eigenvalue weighted by Gasteiger charge is -2.16. The van der Waals surface area contributed by atoms with Crippen molar-refractivity contribution in [3.8, 4) is 11.5 Å². The van der Waals surface area contributed by atoms with Gasteiger partial charge in [-0.15, -0.1) is 0 Å². The second kappa shape index (κ2) is 7.30. The molecule has 0 unspecified atom stereocenters. The first-order valence-electron chi connectivity index (χ1n) is 8.85. The highest BCUT2D eigenvalue weighted by Crippen LogP contribution is 2.35. The summed E-state index contributed by atoms with van der Waals surface area (Å²) in [7, 11) is -3.79. The second-order valence-electron chi connectivity index (χ2n) is 6.55. The minimum atomic E-state index is -3.79. The highest BCUT2D eigenvalue weighted by molar-refractivity contribution is 7.89. The number of nitro benzene ring substituents is 1. The predicted molar refractivity (Wildman–Crippen MR) is 104 cm³/mol. The molecule has 0 spiro atoms. The molecule has 0 atom stereocenters. The fourth-order valence-corrected chi connectivity index (χ4v) is 4.73. The maximum Gasteiger partial charge on any atom is 0.336 e. The molecule has 0 radical (unpaired) electrons. The zero-order chi connectivity index (χ0) is 20.6. The van der Waals surface area contributed by atoms with Gasteiger partial charge in [0.15, 0.2) is 0 Å². The smallest absolute Gasteiger partial charge is 0.336 e. The molecule has 1 fully saturated rings. The number of benzene rings is 2. The largest absolute Gasteiger partial charge is 0.450 e. The lowest BCUT2D eigenvalue weighted by Crippen LogP contribution is -2.27. The van der Waals surface area contributed by atoms with Gasteiger partial charge in [-0.3, -0.25) is 10.1 Å². The van der Waals surface area contributed by atoms with Gasteiger partial charge in [-0.25, -0.2) is 13.2 Å². The Hall–Kier alpha value is -3.24. The molecule has 2 aromatic carbocycles. The van der Waals surface area contributed by atoms with Crippen molar-refractivity contribution >= 4 is 26.7 Å². The summed E-state index contributed by atoms with van der Waals surface area (Å²) in [5.41, 5.74) is -0.733. The third-order valence-electron chi connectivity index (χ3n) is 4.65. The summed E-state index contributed by atoms with van der Waals surface area (Å²) in [5, 5.41) is 12.2. The Kier molecular flexibility index (Phi) is 4.81. The molecular weight excluding hydrogens is 400 g/mol. The number of fused-ring (bicyclic) bond motifs is 1. The van der Waals surface area contributed by atoms with E-state index in [4.69, 9.17) is 9.15 Å². The number of sulfonamides is 1. The average molecular weight is 416 g/mol. The van der Waals surface area contributed by atoms with Crippen LogP contribution in [0.5, 0.6) is 11.5 Å². The molecule has 0 saturated carbocycles. The van der Waals surface area contributed by atoms with Crippen LogP contribution in [0, 0.1) is 10.1 Å². The third kappa shape index (κ3) is 3.71. The van der Waals surface area contributed by atoms with Crippen molar-refractivity contribution in [2.75, 3.05) is 13.1 Å². The van der Waals surface area contributed by atoms with E-state index in [2.05, 4.69) is 0 Å². The molecule has 4 rings (SSSR count). The molecule has 2 heterocycles. The Morgan fingerprint density at radius 2 is 1.76 bits per heavy atom. The first kappa shape index (κ1) is 19.1. The lowest BCUT2D eigenvalue weighted by molar-refractivity contribution is -0.385. The van der Waals surface area contributed by atoms with Crippen LogP contribution in [0.3, 0.4) is 0 Å². The van der Waals surface area contributed by atoms with Gasteiger partial charge in [0.25, 0.3) is 0 Å². The van der Waals surface area contributed by atoms with Crippen molar-refractivity contribution in [3.05, 3.63) is 69.1 Å². The SMILES string of the molecule is O=c1ccc2ccc(Oc3ccc(S(=O)(=O)N4CCCC4)cc3[N+](=O)[O-])cc2o1. The monoisotopic (exact) mass is 416 g/mol. The van der Waals surface area contributed by atoms with E-state index in [1.165, 1.54) is 28.6 Å². The molecule has 3 aromatic rings. The van der Waals surface area contributed by atoms with Crippen molar-refractivity contribution in [2.45, 2.75) is 17.7 Å². The van der Waals surface area contributed by atoms with Crippen molar-refractivity contribution in [1.82, 2.24) is 4.31 Å². The number of ether oxygens (including phenoxy) is 1. The van der Waals surface area contributed by atoms with Gasteiger partial charge in [0.05, 0.1) is 9.82 Å². The third-order valence-corrected chi connectivity index (χ3v) is 6.55. The molecule has 1 aromatic heterocycles. The Labute approximate surface area is 165 Å². The summed E-state index contributed by atoms with van der Waals surface area (Å²) in [5.74, 6) is 0.0955. The van der Waals surface area contributed by atoms with Gasteiger partial charge in [-0.1, -0.05) is 0 Å². The standard InChI is InChI=1S/C19H16N2O7S/c22-19-8-4-13-3-5-14(11-18(13)28-19)27-17-7-6-15(12-16(17)21(23)24)29(25,26)20-9-1-2-10-20/h3-8,11-12H,1-2,9-10H2. The van der Waals surface area contributed by atoms with Gasteiger partial charge in [-0.2, -0.15) is 4.31 Å². The molecule has 0 bridgehead atoms. The molecule has 10 heteroatoms. The van der Waals surface area contributed by atoms with Crippen molar-refractivity contribution < 1.29 is 22.5 Å². The van der Waals surface area contributed by atoms with E-state index >= 15 is 0 Å². The quantitative estimate of drug-likeness (QED) is 0.355. The van der Waals surface area contributed by atoms with Crippen LogP contribution in [-0.2, 0) is 10.0 Å². The number of nitrogens with zero attached hydrogens (tertiary/aromatic N) is 2. The molecule has 0 amide bonds. The fraction of sp³-hybridized carbons (Fsp3) is 0.211. The van der Waals surface area contributed by atoms with E-state index in [0.717, 1.165) is 18.9 Å². The van der Waals surface area contributed by atoms with E-state index in [-0.39, 0.29) is 22.0 Å². The summed E-state index contributed by atoms with van der Waals surface area (Å²) in [4.78, 5) is 22.1. The van der Waals surface area contributed by atoms with Crippen molar-refractivity contribution in [2.24, 2.45) is 0 Å². The summed E-state index contributed by atoms with van der Waals surface area (Å²) in [6, 6.07) is 11.1. The normalized spacial score (nSPS) is 14.9. The summed E-state index contributed by atoms with van der Waals surface area (Å²) in [6.07, 6.45) is 1.53. The van der Waals surface area contributed by atoms with Crippen LogP contribution in [0.1, 0.15) is 12.8 Å². The predicted octanol–water partition coefficient (Wildman–Crippen LogP) is 3.28. The molecule has 9 nitrogen and oxygen atoms in total.